The molecule has 2 heterocycles. The number of carbonyl (C=O) groups excluding carboxylic acids is 1. The third-order valence-electron chi connectivity index (χ3n) is 6.58. The Morgan fingerprint density at radius 3 is 2.72 bits per heavy atom. The summed E-state index contributed by atoms with van der Waals surface area (Å²) in [6.07, 6.45) is 3.01. The molecule has 2 aliphatic rings. The van der Waals surface area contributed by atoms with Crippen molar-refractivity contribution in [1.82, 2.24) is 9.88 Å². The Hall–Kier alpha value is -2.08. The zero-order valence-electron chi connectivity index (χ0n) is 16.9. The van der Waals surface area contributed by atoms with Crippen LogP contribution >= 0.6 is 0 Å². The van der Waals surface area contributed by atoms with Gasteiger partial charge in [0.05, 0.1) is 5.52 Å². The van der Waals surface area contributed by atoms with Gasteiger partial charge in [0.2, 0.25) is 11.8 Å². The molecule has 1 aliphatic carbocycles. The molecule has 0 radical (unpaired) electrons. The first-order valence-electron chi connectivity index (χ1n) is 10.6. The lowest BCUT2D eigenvalue weighted by Gasteiger charge is -2.40. The molecule has 2 aromatic rings. The van der Waals surface area contributed by atoms with E-state index in [1.165, 1.54) is 5.56 Å². The predicted molar refractivity (Wildman–Crippen MR) is 110 cm³/mol. The summed E-state index contributed by atoms with van der Waals surface area (Å²) in [5, 5.41) is 1.10. The number of hydrogen-bond acceptors (Lipinski definition) is 3. The van der Waals surface area contributed by atoms with Crippen LogP contribution in [0.25, 0.3) is 10.9 Å². The highest BCUT2D eigenvalue weighted by Gasteiger charge is 2.40. The van der Waals surface area contributed by atoms with Gasteiger partial charge < -0.3 is 10.6 Å². The van der Waals surface area contributed by atoms with Gasteiger partial charge in [-0.15, -0.1) is 0 Å². The monoisotopic (exact) mass is 401 g/mol. The van der Waals surface area contributed by atoms with Crippen molar-refractivity contribution in [3.8, 4) is 0 Å². The van der Waals surface area contributed by atoms with Gasteiger partial charge in [-0.2, -0.15) is 0 Å². The van der Waals surface area contributed by atoms with Crippen LogP contribution < -0.4 is 5.73 Å². The molecule has 4 rings (SSSR count). The number of nitrogens with zero attached hydrogens (tertiary/aromatic N) is 2. The molecule has 0 bridgehead atoms. The van der Waals surface area contributed by atoms with Crippen molar-refractivity contribution in [3.63, 3.8) is 0 Å². The smallest absolute Gasteiger partial charge is 0.248 e. The molecule has 1 saturated heterocycles. The fourth-order valence-electron chi connectivity index (χ4n) is 5.08. The summed E-state index contributed by atoms with van der Waals surface area (Å²) in [6.45, 7) is 3.95. The number of carbonyl (C=O) groups is 1. The first kappa shape index (κ1) is 20.2. The van der Waals surface area contributed by atoms with Crippen LogP contribution in [0.15, 0.2) is 30.5 Å². The standard InChI is InChI=1S/C23H29F2N3O/c1-15-11-18(19-5-4-17(12-26)21-20(19)3-2-10-27-21)14-28(13-15)22(29)16-6-8-23(24,25)9-7-16/h2-5,10,15-16,18H,6-9,11-14,26H2,1H3/t15-,18+/m1/s1. The van der Waals surface area contributed by atoms with Crippen molar-refractivity contribution in [1.29, 1.82) is 0 Å². The molecule has 1 saturated carbocycles. The molecule has 1 aliphatic heterocycles. The summed E-state index contributed by atoms with van der Waals surface area (Å²) < 4.78 is 27.0. The topological polar surface area (TPSA) is 59.2 Å². The first-order chi connectivity index (χ1) is 13.9. The summed E-state index contributed by atoms with van der Waals surface area (Å²) in [5.41, 5.74) is 9.03. The van der Waals surface area contributed by atoms with E-state index < -0.39 is 5.92 Å². The largest absolute Gasteiger partial charge is 0.342 e. The minimum Gasteiger partial charge on any atom is -0.342 e. The number of piperidine rings is 1. The molecule has 1 aromatic heterocycles. The van der Waals surface area contributed by atoms with E-state index in [4.69, 9.17) is 5.73 Å². The van der Waals surface area contributed by atoms with Crippen molar-refractivity contribution in [2.45, 2.75) is 57.4 Å². The summed E-state index contributed by atoms with van der Waals surface area (Å²) >= 11 is 0. The van der Waals surface area contributed by atoms with E-state index in [-0.39, 0.29) is 30.6 Å². The van der Waals surface area contributed by atoms with Crippen LogP contribution in [0.4, 0.5) is 8.78 Å². The number of alkyl halides is 2. The van der Waals surface area contributed by atoms with Crippen LogP contribution in [0.5, 0.6) is 0 Å². The van der Waals surface area contributed by atoms with Crippen molar-refractivity contribution in [2.75, 3.05) is 13.1 Å². The van der Waals surface area contributed by atoms with Gasteiger partial charge >= 0.3 is 0 Å². The van der Waals surface area contributed by atoms with Crippen LogP contribution in [0.1, 0.15) is 56.1 Å². The number of benzene rings is 1. The lowest BCUT2D eigenvalue weighted by Crippen LogP contribution is -2.46. The van der Waals surface area contributed by atoms with E-state index in [1.807, 2.05) is 17.0 Å². The van der Waals surface area contributed by atoms with E-state index >= 15 is 0 Å². The minimum absolute atomic E-state index is 0.0538. The average molecular weight is 402 g/mol. The molecule has 156 valence electrons. The van der Waals surface area contributed by atoms with Crippen LogP contribution in [0, 0.1) is 11.8 Å². The number of aromatic nitrogens is 1. The lowest BCUT2D eigenvalue weighted by atomic mass is 9.81. The maximum atomic E-state index is 13.5. The SMILES string of the molecule is C[C@@H]1C[C@H](c2ccc(CN)c3ncccc23)CN(C(=O)C2CCC(F)(F)CC2)C1. The molecule has 1 amide bonds. The zero-order valence-corrected chi connectivity index (χ0v) is 16.9. The number of nitrogens with two attached hydrogens (primary N) is 1. The van der Waals surface area contributed by atoms with Crippen LogP contribution in [-0.2, 0) is 11.3 Å². The fourth-order valence-corrected chi connectivity index (χ4v) is 5.08. The van der Waals surface area contributed by atoms with Gasteiger partial charge in [-0.3, -0.25) is 9.78 Å². The summed E-state index contributed by atoms with van der Waals surface area (Å²) in [5.74, 6) is -2.24. The van der Waals surface area contributed by atoms with E-state index in [2.05, 4.69) is 24.0 Å². The summed E-state index contributed by atoms with van der Waals surface area (Å²) in [7, 11) is 0. The zero-order chi connectivity index (χ0) is 20.6. The number of halogens is 2. The number of hydrogen-bond donors (Lipinski definition) is 1. The van der Waals surface area contributed by atoms with Gasteiger partial charge in [-0.05, 0) is 42.4 Å². The Labute approximate surface area is 170 Å². The highest BCUT2D eigenvalue weighted by atomic mass is 19.3. The van der Waals surface area contributed by atoms with Gasteiger partial charge in [0.1, 0.15) is 0 Å². The lowest BCUT2D eigenvalue weighted by molar-refractivity contribution is -0.141. The van der Waals surface area contributed by atoms with E-state index in [9.17, 15) is 13.6 Å². The number of fused-ring (bicyclic) bond motifs is 1. The number of amides is 1. The van der Waals surface area contributed by atoms with Crippen LogP contribution in [-0.4, -0.2) is 34.8 Å². The molecule has 1 aromatic carbocycles. The van der Waals surface area contributed by atoms with Crippen LogP contribution in [0.2, 0.25) is 0 Å². The third-order valence-corrected chi connectivity index (χ3v) is 6.58. The molecule has 2 atom stereocenters. The Balaban J connectivity index is 1.57. The molecule has 6 heteroatoms. The Bertz CT molecular complexity index is 891. The highest BCUT2D eigenvalue weighted by molar-refractivity contribution is 5.86. The van der Waals surface area contributed by atoms with Crippen molar-refractivity contribution >= 4 is 16.8 Å². The number of likely N-dealkylation sites (tertiary alicyclic amines) is 1. The fraction of sp³-hybridized carbons (Fsp3) is 0.565. The normalized spacial score (nSPS) is 25.3. The van der Waals surface area contributed by atoms with Gasteiger partial charge in [-0.1, -0.05) is 25.1 Å². The van der Waals surface area contributed by atoms with E-state index in [0.717, 1.165) is 22.9 Å². The van der Waals surface area contributed by atoms with Gasteiger partial charge in [-0.25, -0.2) is 8.78 Å². The molecule has 29 heavy (non-hydrogen) atoms. The Morgan fingerprint density at radius 1 is 1.24 bits per heavy atom. The first-order valence-corrected chi connectivity index (χ1v) is 10.6. The predicted octanol–water partition coefficient (Wildman–Crippen LogP) is 4.47. The Kier molecular flexibility index (Phi) is 5.56. The quantitative estimate of drug-likeness (QED) is 0.825. The average Bonchev–Trinajstić information content (AvgIpc) is 2.72. The van der Waals surface area contributed by atoms with Crippen molar-refractivity contribution in [3.05, 3.63) is 41.6 Å². The molecular formula is C23H29F2N3O. The highest BCUT2D eigenvalue weighted by Crippen LogP contribution is 2.39. The van der Waals surface area contributed by atoms with E-state index in [1.54, 1.807) is 6.20 Å². The van der Waals surface area contributed by atoms with E-state index in [0.29, 0.717) is 38.4 Å². The number of pyridine rings is 1. The summed E-state index contributed by atoms with van der Waals surface area (Å²) in [6, 6.07) is 8.17. The maximum absolute atomic E-state index is 13.5. The Morgan fingerprint density at radius 2 is 2.00 bits per heavy atom. The van der Waals surface area contributed by atoms with Crippen molar-refractivity contribution in [2.24, 2.45) is 17.6 Å². The molecule has 2 fully saturated rings. The third kappa shape index (κ3) is 4.13. The number of rotatable bonds is 3. The second kappa shape index (κ2) is 7.98. The molecule has 0 unspecified atom stereocenters. The van der Waals surface area contributed by atoms with Crippen molar-refractivity contribution < 1.29 is 13.6 Å². The molecule has 0 spiro atoms. The maximum Gasteiger partial charge on any atom is 0.248 e. The molecule has 2 N–H and O–H groups in total. The second-order valence-corrected chi connectivity index (χ2v) is 8.83. The molecule has 4 nitrogen and oxygen atoms in total. The summed E-state index contributed by atoms with van der Waals surface area (Å²) in [4.78, 5) is 19.6. The van der Waals surface area contributed by atoms with Gasteiger partial charge in [0.15, 0.2) is 0 Å². The van der Waals surface area contributed by atoms with Gasteiger partial charge in [0.25, 0.3) is 0 Å². The van der Waals surface area contributed by atoms with Gasteiger partial charge in [0, 0.05) is 55.9 Å². The van der Waals surface area contributed by atoms with Crippen LogP contribution in [0.3, 0.4) is 0 Å². The minimum atomic E-state index is -2.61. The molecular weight excluding hydrogens is 372 g/mol. The second-order valence-electron chi connectivity index (χ2n) is 8.83.